The van der Waals surface area contributed by atoms with Gasteiger partial charge in [-0.1, -0.05) is 88.7 Å². The van der Waals surface area contributed by atoms with Crippen LogP contribution < -0.4 is 14.8 Å². The number of fused-ring (bicyclic) bond motifs is 2. The minimum atomic E-state index is -1.64. The molecule has 0 aliphatic carbocycles. The second-order valence-electron chi connectivity index (χ2n) is 11.1. The largest absolute Gasteiger partial charge is 0.497 e. The highest BCUT2D eigenvalue weighted by Gasteiger charge is 2.51. The summed E-state index contributed by atoms with van der Waals surface area (Å²) in [7, 11) is 3.25. The Morgan fingerprint density at radius 3 is 1.85 bits per heavy atom. The van der Waals surface area contributed by atoms with E-state index in [1.165, 1.54) is 0 Å². The number of nitrogens with one attached hydrogen (secondary N) is 1. The average Bonchev–Trinajstić information content (AvgIpc) is 3.11. The third-order valence-electron chi connectivity index (χ3n) is 8.44. The fourth-order valence-electron chi connectivity index (χ4n) is 6.08. The fourth-order valence-corrected chi connectivity index (χ4v) is 6.35. The number of methoxy groups -OCH3 is 2. The molecule has 0 radical (unpaired) electrons. The number of benzene rings is 6. The molecule has 0 aliphatic rings. The number of halogens is 1. The number of rotatable bonds is 12. The van der Waals surface area contributed by atoms with Crippen LogP contribution in [0.4, 0.5) is 5.69 Å². The van der Waals surface area contributed by atoms with Crippen LogP contribution in [0.5, 0.6) is 11.5 Å². The zero-order valence-electron chi connectivity index (χ0n) is 26.5. The van der Waals surface area contributed by atoms with Crippen molar-refractivity contribution in [3.8, 4) is 11.5 Å². The summed E-state index contributed by atoms with van der Waals surface area (Å²) < 4.78 is 24.9. The molecule has 0 fully saturated rings. The van der Waals surface area contributed by atoms with Crippen molar-refractivity contribution in [3.05, 3.63) is 149 Å². The van der Waals surface area contributed by atoms with Crippen molar-refractivity contribution < 1.29 is 23.7 Å². The van der Waals surface area contributed by atoms with Gasteiger partial charge in [-0.15, -0.1) is 0 Å². The number of ether oxygens (including phenoxy) is 4. The van der Waals surface area contributed by atoms with Crippen LogP contribution in [-0.4, -0.2) is 26.8 Å². The summed E-state index contributed by atoms with van der Waals surface area (Å²) >= 11 is 3.58. The van der Waals surface area contributed by atoms with Crippen LogP contribution >= 0.6 is 15.9 Å². The first-order valence-corrected chi connectivity index (χ1v) is 16.3. The summed E-state index contributed by atoms with van der Waals surface area (Å²) in [4.78, 5) is 14.7. The molecule has 0 aliphatic heterocycles. The summed E-state index contributed by atoms with van der Waals surface area (Å²) in [5.74, 6) is 0.875. The molecule has 0 bridgehead atoms. The highest BCUT2D eigenvalue weighted by molar-refractivity contribution is 9.10. The molecule has 2 atom stereocenters. The molecule has 0 saturated carbocycles. The van der Waals surface area contributed by atoms with Crippen molar-refractivity contribution in [2.24, 2.45) is 0 Å². The van der Waals surface area contributed by atoms with Crippen molar-refractivity contribution in [1.29, 1.82) is 0 Å². The zero-order valence-corrected chi connectivity index (χ0v) is 28.1. The van der Waals surface area contributed by atoms with E-state index in [1.54, 1.807) is 21.1 Å². The molecule has 238 valence electrons. The first-order valence-electron chi connectivity index (χ1n) is 15.5. The van der Waals surface area contributed by atoms with Crippen molar-refractivity contribution in [2.75, 3.05) is 26.1 Å². The highest BCUT2D eigenvalue weighted by Crippen LogP contribution is 2.45. The molecule has 47 heavy (non-hydrogen) atoms. The van der Waals surface area contributed by atoms with E-state index in [4.69, 9.17) is 18.9 Å². The molecule has 0 heterocycles. The monoisotopic (exact) mass is 689 g/mol. The van der Waals surface area contributed by atoms with Crippen molar-refractivity contribution in [1.82, 2.24) is 0 Å². The summed E-state index contributed by atoms with van der Waals surface area (Å²) in [6.45, 7) is 2.11. The lowest BCUT2D eigenvalue weighted by molar-refractivity contribution is -0.179. The Morgan fingerprint density at radius 1 is 0.745 bits per heavy atom. The smallest absolute Gasteiger partial charge is 0.345 e. The summed E-state index contributed by atoms with van der Waals surface area (Å²) in [5.41, 5.74) is 1.57. The van der Waals surface area contributed by atoms with Gasteiger partial charge < -0.3 is 24.3 Å². The quantitative estimate of drug-likeness (QED) is 0.102. The molecule has 0 aromatic heterocycles. The Labute approximate surface area is 283 Å². The first kappa shape index (κ1) is 32.1. The van der Waals surface area contributed by atoms with Gasteiger partial charge >= 0.3 is 5.97 Å². The summed E-state index contributed by atoms with van der Waals surface area (Å²) in [5, 5.41) is 7.96. The van der Waals surface area contributed by atoms with Gasteiger partial charge in [0.1, 0.15) is 11.5 Å². The van der Waals surface area contributed by atoms with Gasteiger partial charge in [-0.3, -0.25) is 0 Å². The SMILES string of the molecule is CCOC(=O)[C@](OCc1c2ccccc2cc2ccccc12)(c1ccc(OC)cc1)[C@@H](Nc1ccc(OC)cc1)c1ccc(Br)cc1. The van der Waals surface area contributed by atoms with Crippen molar-refractivity contribution >= 4 is 49.1 Å². The molecule has 1 N–H and O–H groups in total. The third kappa shape index (κ3) is 6.55. The molecule has 0 spiro atoms. The van der Waals surface area contributed by atoms with Gasteiger partial charge in [-0.05, 0) is 99.8 Å². The molecule has 6 rings (SSSR count). The van der Waals surface area contributed by atoms with E-state index in [-0.39, 0.29) is 13.2 Å². The normalized spacial score (nSPS) is 13.1. The van der Waals surface area contributed by atoms with Crippen LogP contribution in [0, 0.1) is 0 Å². The maximum absolute atomic E-state index is 14.7. The second-order valence-corrected chi connectivity index (χ2v) is 12.0. The number of carbonyl (C=O) groups is 1. The summed E-state index contributed by atoms with van der Waals surface area (Å²) in [6.07, 6.45) is 0. The maximum atomic E-state index is 14.7. The standard InChI is InChI=1S/C40H36BrNO5/c1-4-46-39(43)40(30-15-21-33(44-2)22-16-30,38(27-13-17-31(41)18-14-27)42-32-19-23-34(45-3)24-20-32)47-26-37-35-11-7-5-9-28(35)25-29-10-6-8-12-36(29)37/h5-25,38,42H,4,26H2,1-3H3/t38-,40-/m0/s1. The Bertz CT molecular complexity index is 1920. The van der Waals surface area contributed by atoms with E-state index < -0.39 is 17.6 Å². The minimum Gasteiger partial charge on any atom is -0.497 e. The van der Waals surface area contributed by atoms with Crippen molar-refractivity contribution in [2.45, 2.75) is 25.2 Å². The summed E-state index contributed by atoms with van der Waals surface area (Å²) in [6, 6.07) is 40.9. The van der Waals surface area contributed by atoms with Gasteiger partial charge in [0, 0.05) is 10.2 Å². The third-order valence-corrected chi connectivity index (χ3v) is 8.96. The van der Waals surface area contributed by atoms with Crippen LogP contribution in [0.3, 0.4) is 0 Å². The molecule has 6 aromatic rings. The number of hydrogen-bond donors (Lipinski definition) is 1. The number of carbonyl (C=O) groups excluding carboxylic acids is 1. The Hall–Kier alpha value is -4.85. The van der Waals surface area contributed by atoms with Crippen LogP contribution in [0.2, 0.25) is 0 Å². The van der Waals surface area contributed by atoms with Gasteiger partial charge in [-0.25, -0.2) is 4.79 Å². The van der Waals surface area contributed by atoms with Gasteiger partial charge in [0.05, 0.1) is 33.5 Å². The maximum Gasteiger partial charge on any atom is 0.345 e. The van der Waals surface area contributed by atoms with E-state index in [0.717, 1.165) is 48.6 Å². The van der Waals surface area contributed by atoms with E-state index in [0.29, 0.717) is 11.3 Å². The van der Waals surface area contributed by atoms with E-state index >= 15 is 0 Å². The van der Waals surface area contributed by atoms with E-state index in [9.17, 15) is 4.79 Å². The second kappa shape index (κ2) is 14.3. The first-order chi connectivity index (χ1) is 23.0. The number of esters is 1. The average molecular weight is 691 g/mol. The van der Waals surface area contributed by atoms with Crippen LogP contribution in [0.1, 0.15) is 29.7 Å². The zero-order chi connectivity index (χ0) is 32.8. The molecule has 0 unspecified atom stereocenters. The molecule has 6 aromatic carbocycles. The predicted molar refractivity (Wildman–Crippen MR) is 191 cm³/mol. The molecular formula is C40H36BrNO5. The Balaban J connectivity index is 1.59. The predicted octanol–water partition coefficient (Wildman–Crippen LogP) is 9.60. The van der Waals surface area contributed by atoms with Gasteiger partial charge in [0.2, 0.25) is 5.60 Å². The lowest BCUT2D eigenvalue weighted by atomic mass is 9.81. The van der Waals surface area contributed by atoms with E-state index in [1.807, 2.05) is 97.1 Å². The molecule has 6 nitrogen and oxygen atoms in total. The molecular weight excluding hydrogens is 654 g/mol. The Kier molecular flexibility index (Phi) is 9.76. The topological polar surface area (TPSA) is 66.0 Å². The number of hydrogen-bond acceptors (Lipinski definition) is 6. The van der Waals surface area contributed by atoms with E-state index in [2.05, 4.69) is 51.6 Å². The minimum absolute atomic E-state index is 0.129. The van der Waals surface area contributed by atoms with Gasteiger partial charge in [0.25, 0.3) is 0 Å². The molecule has 7 heteroatoms. The lowest BCUT2D eigenvalue weighted by Gasteiger charge is -2.40. The number of anilines is 1. The van der Waals surface area contributed by atoms with Crippen LogP contribution in [0.25, 0.3) is 21.5 Å². The Morgan fingerprint density at radius 2 is 1.30 bits per heavy atom. The highest BCUT2D eigenvalue weighted by atomic mass is 79.9. The molecule has 0 saturated heterocycles. The fraction of sp³-hybridized carbons (Fsp3) is 0.175. The molecule has 0 amide bonds. The van der Waals surface area contributed by atoms with Crippen LogP contribution in [0.15, 0.2) is 132 Å². The van der Waals surface area contributed by atoms with Gasteiger partial charge in [-0.2, -0.15) is 0 Å². The van der Waals surface area contributed by atoms with Gasteiger partial charge in [0.15, 0.2) is 0 Å². The lowest BCUT2D eigenvalue weighted by Crippen LogP contribution is -2.48. The van der Waals surface area contributed by atoms with Crippen molar-refractivity contribution in [3.63, 3.8) is 0 Å². The van der Waals surface area contributed by atoms with Crippen LogP contribution in [-0.2, 0) is 26.5 Å².